The van der Waals surface area contributed by atoms with E-state index in [9.17, 15) is 12.8 Å². The van der Waals surface area contributed by atoms with E-state index in [4.69, 9.17) is 10.7 Å². The number of hydrogen-bond donors (Lipinski definition) is 0. The molecule has 1 rings (SSSR count). The van der Waals surface area contributed by atoms with Gasteiger partial charge in [0.1, 0.15) is 4.90 Å². The number of pyridine rings is 1. The van der Waals surface area contributed by atoms with Crippen LogP contribution < -0.4 is 4.74 Å². The van der Waals surface area contributed by atoms with Gasteiger partial charge < -0.3 is 4.74 Å². The summed E-state index contributed by atoms with van der Waals surface area (Å²) < 4.78 is 38.8. The fraction of sp³-hybridized carbons (Fsp3) is 0.167. The highest BCUT2D eigenvalue weighted by atomic mass is 35.7. The zero-order valence-electron chi connectivity index (χ0n) is 6.49. The molecule has 0 aromatic carbocycles. The third kappa shape index (κ3) is 2.28. The van der Waals surface area contributed by atoms with Crippen LogP contribution in [0.1, 0.15) is 0 Å². The molecule has 0 aliphatic heterocycles. The van der Waals surface area contributed by atoms with Crippen LogP contribution in [0, 0.1) is 5.95 Å². The maximum atomic E-state index is 12.9. The molecule has 0 aliphatic rings. The second kappa shape index (κ2) is 3.47. The van der Waals surface area contributed by atoms with Gasteiger partial charge in [-0.1, -0.05) is 0 Å². The molecule has 0 bridgehead atoms. The van der Waals surface area contributed by atoms with E-state index in [2.05, 4.69) is 9.72 Å². The Balaban J connectivity index is 3.29. The highest BCUT2D eigenvalue weighted by molar-refractivity contribution is 8.13. The summed E-state index contributed by atoms with van der Waals surface area (Å²) in [5.41, 5.74) is 0. The van der Waals surface area contributed by atoms with Gasteiger partial charge in [-0.15, -0.1) is 0 Å². The van der Waals surface area contributed by atoms with Gasteiger partial charge in [-0.25, -0.2) is 8.42 Å². The number of methoxy groups -OCH3 is 1. The van der Waals surface area contributed by atoms with Crippen LogP contribution in [0.5, 0.6) is 5.88 Å². The number of halogens is 2. The molecule has 0 saturated carbocycles. The summed E-state index contributed by atoms with van der Waals surface area (Å²) in [4.78, 5) is 2.55. The Morgan fingerprint density at radius 2 is 2.15 bits per heavy atom. The van der Waals surface area contributed by atoms with E-state index in [1.165, 1.54) is 13.2 Å². The zero-order chi connectivity index (χ0) is 10.1. The molecule has 0 fully saturated rings. The number of nitrogens with zero attached hydrogens (tertiary/aromatic N) is 1. The van der Waals surface area contributed by atoms with Crippen molar-refractivity contribution in [2.24, 2.45) is 0 Å². The average molecular weight is 226 g/mol. The fourth-order valence-corrected chi connectivity index (χ4v) is 1.52. The molecular weight excluding hydrogens is 221 g/mol. The molecule has 1 aromatic rings. The molecule has 0 N–H and O–H groups in total. The first-order valence-electron chi connectivity index (χ1n) is 3.10. The molecule has 0 radical (unpaired) electrons. The molecule has 1 aromatic heterocycles. The zero-order valence-corrected chi connectivity index (χ0v) is 8.06. The van der Waals surface area contributed by atoms with Gasteiger partial charge in [-0.05, 0) is 6.07 Å². The van der Waals surface area contributed by atoms with Crippen LogP contribution in [0.15, 0.2) is 17.0 Å². The second-order valence-corrected chi connectivity index (χ2v) is 4.61. The van der Waals surface area contributed by atoms with Crippen molar-refractivity contribution in [3.8, 4) is 5.88 Å². The molecule has 0 spiro atoms. The van der Waals surface area contributed by atoms with Crippen LogP contribution in [-0.2, 0) is 9.05 Å². The van der Waals surface area contributed by atoms with Crippen molar-refractivity contribution in [3.63, 3.8) is 0 Å². The average Bonchev–Trinajstić information content (AvgIpc) is 2.01. The summed E-state index contributed by atoms with van der Waals surface area (Å²) in [7, 11) is 2.12. The first-order valence-corrected chi connectivity index (χ1v) is 5.41. The highest BCUT2D eigenvalue weighted by Gasteiger charge is 2.17. The van der Waals surface area contributed by atoms with Crippen LogP contribution >= 0.6 is 10.7 Å². The summed E-state index contributed by atoms with van der Waals surface area (Å²) in [6.07, 6.45) is 0. The van der Waals surface area contributed by atoms with Crippen LogP contribution in [0.3, 0.4) is 0 Å². The lowest BCUT2D eigenvalue weighted by Gasteiger charge is -2.00. The number of hydrogen-bond acceptors (Lipinski definition) is 4. The fourth-order valence-electron chi connectivity index (χ4n) is 0.700. The molecular formula is C6H5ClFNO3S. The SMILES string of the molecule is COc1ccc(S(=O)(=O)Cl)c(F)n1. The third-order valence-corrected chi connectivity index (χ3v) is 2.59. The van der Waals surface area contributed by atoms with Gasteiger partial charge in [-0.2, -0.15) is 9.37 Å². The lowest BCUT2D eigenvalue weighted by atomic mass is 10.5. The van der Waals surface area contributed by atoms with Gasteiger partial charge >= 0.3 is 0 Å². The molecule has 4 nitrogen and oxygen atoms in total. The first-order chi connectivity index (χ1) is 5.95. The number of aromatic nitrogens is 1. The van der Waals surface area contributed by atoms with Crippen LogP contribution in [-0.4, -0.2) is 20.5 Å². The molecule has 13 heavy (non-hydrogen) atoms. The van der Waals surface area contributed by atoms with Crippen molar-refractivity contribution in [1.29, 1.82) is 0 Å². The Labute approximate surface area is 78.7 Å². The smallest absolute Gasteiger partial charge is 0.265 e. The van der Waals surface area contributed by atoms with Gasteiger partial charge in [0, 0.05) is 16.7 Å². The summed E-state index contributed by atoms with van der Waals surface area (Å²) in [6, 6.07) is 2.20. The predicted molar refractivity (Wildman–Crippen MR) is 43.8 cm³/mol. The van der Waals surface area contributed by atoms with Crippen molar-refractivity contribution in [2.45, 2.75) is 4.90 Å². The van der Waals surface area contributed by atoms with Gasteiger partial charge in [0.25, 0.3) is 9.05 Å². The summed E-state index contributed by atoms with van der Waals surface area (Å²) in [5.74, 6) is -1.18. The van der Waals surface area contributed by atoms with E-state index in [-0.39, 0.29) is 5.88 Å². The predicted octanol–water partition coefficient (Wildman–Crippen LogP) is 1.16. The quantitative estimate of drug-likeness (QED) is 0.560. The Hall–Kier alpha value is -0.880. The van der Waals surface area contributed by atoms with Crippen LogP contribution in [0.25, 0.3) is 0 Å². The van der Waals surface area contributed by atoms with E-state index in [0.717, 1.165) is 6.07 Å². The van der Waals surface area contributed by atoms with Crippen molar-refractivity contribution in [2.75, 3.05) is 7.11 Å². The summed E-state index contributed by atoms with van der Waals surface area (Å²) >= 11 is 0. The molecule has 0 saturated heterocycles. The van der Waals surface area contributed by atoms with Crippen molar-refractivity contribution in [3.05, 3.63) is 18.1 Å². The van der Waals surface area contributed by atoms with E-state index in [1.807, 2.05) is 0 Å². The standard InChI is InChI=1S/C6H5ClFNO3S/c1-12-5-3-2-4(6(8)9-5)13(7,10)11/h2-3H,1H3. The minimum atomic E-state index is -4.08. The highest BCUT2D eigenvalue weighted by Crippen LogP contribution is 2.19. The first kappa shape index (κ1) is 10.2. The monoisotopic (exact) mass is 225 g/mol. The number of rotatable bonds is 2. The second-order valence-electron chi connectivity index (χ2n) is 2.08. The maximum absolute atomic E-state index is 12.9. The van der Waals surface area contributed by atoms with Crippen molar-refractivity contribution >= 4 is 19.7 Å². The van der Waals surface area contributed by atoms with Crippen LogP contribution in [0.2, 0.25) is 0 Å². The molecule has 0 amide bonds. The Bertz CT molecular complexity index is 420. The van der Waals surface area contributed by atoms with Gasteiger partial charge in [0.2, 0.25) is 11.8 Å². The van der Waals surface area contributed by atoms with E-state index >= 15 is 0 Å². The molecule has 0 unspecified atom stereocenters. The minimum absolute atomic E-state index is 0.0124. The number of ether oxygens (including phenoxy) is 1. The molecule has 72 valence electrons. The molecule has 1 heterocycles. The molecule has 7 heteroatoms. The lowest BCUT2D eigenvalue weighted by molar-refractivity contribution is 0.384. The third-order valence-electron chi connectivity index (χ3n) is 1.26. The van der Waals surface area contributed by atoms with Crippen molar-refractivity contribution in [1.82, 2.24) is 4.98 Å². The summed E-state index contributed by atoms with van der Waals surface area (Å²) in [5, 5.41) is 0. The summed E-state index contributed by atoms with van der Waals surface area (Å²) in [6.45, 7) is 0. The minimum Gasteiger partial charge on any atom is -0.481 e. The molecule has 0 atom stereocenters. The van der Waals surface area contributed by atoms with Crippen LogP contribution in [0.4, 0.5) is 4.39 Å². The Kier molecular flexibility index (Phi) is 2.72. The normalized spacial score (nSPS) is 11.3. The van der Waals surface area contributed by atoms with E-state index in [0.29, 0.717) is 0 Å². The van der Waals surface area contributed by atoms with Gasteiger partial charge in [0.15, 0.2) is 0 Å². The van der Waals surface area contributed by atoms with Gasteiger partial charge in [0.05, 0.1) is 7.11 Å². The van der Waals surface area contributed by atoms with Gasteiger partial charge in [-0.3, -0.25) is 0 Å². The lowest BCUT2D eigenvalue weighted by Crippen LogP contribution is -1.99. The topological polar surface area (TPSA) is 56.3 Å². The van der Waals surface area contributed by atoms with E-state index < -0.39 is 19.9 Å². The Morgan fingerprint density at radius 3 is 2.54 bits per heavy atom. The van der Waals surface area contributed by atoms with E-state index in [1.54, 1.807) is 0 Å². The Morgan fingerprint density at radius 1 is 1.54 bits per heavy atom. The van der Waals surface area contributed by atoms with Crippen molar-refractivity contribution < 1.29 is 17.5 Å². The largest absolute Gasteiger partial charge is 0.481 e. The molecule has 0 aliphatic carbocycles. The maximum Gasteiger partial charge on any atom is 0.265 e.